The highest BCUT2D eigenvalue weighted by Crippen LogP contribution is 2.20. The van der Waals surface area contributed by atoms with Crippen molar-refractivity contribution in [1.29, 1.82) is 0 Å². The zero-order valence-corrected chi connectivity index (χ0v) is 11.1. The summed E-state index contributed by atoms with van der Waals surface area (Å²) < 4.78 is 0. The molecule has 0 spiro atoms. The highest BCUT2D eigenvalue weighted by atomic mass is 16.4. The molecule has 0 amide bonds. The molecular weight excluding hydrogens is 246 g/mol. The SMILES string of the molecule is C=C/C=C\C=C(/C)C[C@H]1N[C@H](CO)[C@@H](O)[C@H](O)[C@H]1O. The zero-order chi connectivity index (χ0) is 14.4. The molecule has 5 atom stereocenters. The molecule has 1 fully saturated rings. The second kappa shape index (κ2) is 7.57. The molecule has 108 valence electrons. The van der Waals surface area contributed by atoms with Gasteiger partial charge in [0.25, 0.3) is 0 Å². The number of allylic oxidation sites excluding steroid dienone is 4. The van der Waals surface area contributed by atoms with Gasteiger partial charge in [-0.3, -0.25) is 0 Å². The van der Waals surface area contributed by atoms with E-state index in [0.29, 0.717) is 6.42 Å². The van der Waals surface area contributed by atoms with Crippen LogP contribution < -0.4 is 5.32 Å². The lowest BCUT2D eigenvalue weighted by Gasteiger charge is -2.41. The summed E-state index contributed by atoms with van der Waals surface area (Å²) in [5, 5.41) is 41.4. The second-order valence-electron chi connectivity index (χ2n) is 4.87. The minimum Gasteiger partial charge on any atom is -0.395 e. The number of aliphatic hydroxyl groups is 4. The largest absolute Gasteiger partial charge is 0.395 e. The molecule has 19 heavy (non-hydrogen) atoms. The number of nitrogens with one attached hydrogen (secondary N) is 1. The van der Waals surface area contributed by atoms with Crippen molar-refractivity contribution < 1.29 is 20.4 Å². The predicted molar refractivity (Wildman–Crippen MR) is 73.5 cm³/mol. The van der Waals surface area contributed by atoms with Gasteiger partial charge in [-0.2, -0.15) is 0 Å². The van der Waals surface area contributed by atoms with Crippen LogP contribution in [0.25, 0.3) is 0 Å². The van der Waals surface area contributed by atoms with Crippen molar-refractivity contribution in [3.63, 3.8) is 0 Å². The summed E-state index contributed by atoms with van der Waals surface area (Å²) >= 11 is 0. The van der Waals surface area contributed by atoms with Gasteiger partial charge in [0.2, 0.25) is 0 Å². The molecule has 1 rings (SSSR count). The number of rotatable bonds is 5. The lowest BCUT2D eigenvalue weighted by atomic mass is 9.87. The summed E-state index contributed by atoms with van der Waals surface area (Å²) in [6.07, 6.45) is 4.23. The molecular formula is C14H23NO4. The van der Waals surface area contributed by atoms with E-state index in [9.17, 15) is 15.3 Å². The van der Waals surface area contributed by atoms with Crippen LogP contribution in [0.5, 0.6) is 0 Å². The molecule has 5 N–H and O–H groups in total. The van der Waals surface area contributed by atoms with Gasteiger partial charge >= 0.3 is 0 Å². The van der Waals surface area contributed by atoms with Gasteiger partial charge in [0.1, 0.15) is 6.10 Å². The Balaban J connectivity index is 2.68. The molecule has 0 aliphatic carbocycles. The zero-order valence-electron chi connectivity index (χ0n) is 11.1. The van der Waals surface area contributed by atoms with Crippen LogP contribution in [0.3, 0.4) is 0 Å². The Bertz CT molecular complexity index is 351. The average Bonchev–Trinajstić information content (AvgIpc) is 2.39. The first kappa shape index (κ1) is 16.1. The average molecular weight is 269 g/mol. The van der Waals surface area contributed by atoms with E-state index in [-0.39, 0.29) is 6.61 Å². The summed E-state index contributed by atoms with van der Waals surface area (Å²) in [5.41, 5.74) is 1.01. The number of hydrogen-bond acceptors (Lipinski definition) is 5. The van der Waals surface area contributed by atoms with Crippen LogP contribution in [0.2, 0.25) is 0 Å². The Morgan fingerprint density at radius 1 is 1.11 bits per heavy atom. The van der Waals surface area contributed by atoms with Crippen molar-refractivity contribution in [2.24, 2.45) is 0 Å². The molecule has 0 aromatic carbocycles. The maximum atomic E-state index is 9.93. The lowest BCUT2D eigenvalue weighted by Crippen LogP contribution is -2.65. The number of aliphatic hydroxyl groups excluding tert-OH is 4. The van der Waals surface area contributed by atoms with Gasteiger partial charge < -0.3 is 25.7 Å². The van der Waals surface area contributed by atoms with Crippen LogP contribution >= 0.6 is 0 Å². The van der Waals surface area contributed by atoms with E-state index in [1.54, 1.807) is 12.2 Å². The van der Waals surface area contributed by atoms with Gasteiger partial charge in [0.05, 0.1) is 24.9 Å². The van der Waals surface area contributed by atoms with Gasteiger partial charge in [-0.15, -0.1) is 0 Å². The fourth-order valence-electron chi connectivity index (χ4n) is 2.20. The molecule has 0 aromatic heterocycles. The van der Waals surface area contributed by atoms with Crippen LogP contribution in [0.15, 0.2) is 36.5 Å². The molecule has 0 saturated carbocycles. The minimum atomic E-state index is -1.25. The Morgan fingerprint density at radius 3 is 2.32 bits per heavy atom. The second-order valence-corrected chi connectivity index (χ2v) is 4.87. The third-order valence-corrected chi connectivity index (χ3v) is 3.32. The Morgan fingerprint density at radius 2 is 1.74 bits per heavy atom. The first-order chi connectivity index (χ1) is 9.01. The normalized spacial score (nSPS) is 36.7. The quantitative estimate of drug-likeness (QED) is 0.433. The predicted octanol–water partition coefficient (Wildman–Crippen LogP) is -0.520. The highest BCUT2D eigenvalue weighted by Gasteiger charge is 2.41. The van der Waals surface area contributed by atoms with Crippen molar-refractivity contribution in [1.82, 2.24) is 5.32 Å². The van der Waals surface area contributed by atoms with Gasteiger partial charge in [-0.25, -0.2) is 0 Å². The standard InChI is InChI=1S/C14H23NO4/c1-3-4-5-6-9(2)7-10-12(17)14(19)13(18)11(8-16)15-10/h3-6,10-19H,1,7-8H2,2H3/b5-4-,9-6+/t10-,11-,12+,13-,14-/m1/s1. The lowest BCUT2D eigenvalue weighted by molar-refractivity contribution is -0.119. The molecule has 5 heteroatoms. The van der Waals surface area contributed by atoms with Crippen LogP contribution in [-0.4, -0.2) is 57.4 Å². The molecule has 0 bridgehead atoms. The fraction of sp³-hybridized carbons (Fsp3) is 0.571. The highest BCUT2D eigenvalue weighted by molar-refractivity contribution is 5.16. The molecule has 1 saturated heterocycles. The van der Waals surface area contributed by atoms with Crippen molar-refractivity contribution in [3.05, 3.63) is 36.5 Å². The first-order valence-corrected chi connectivity index (χ1v) is 6.37. The smallest absolute Gasteiger partial charge is 0.109 e. The fourth-order valence-corrected chi connectivity index (χ4v) is 2.20. The van der Waals surface area contributed by atoms with Crippen LogP contribution in [0, 0.1) is 0 Å². The van der Waals surface area contributed by atoms with Gasteiger partial charge in [0, 0.05) is 6.04 Å². The third-order valence-electron chi connectivity index (χ3n) is 3.32. The number of hydrogen-bond donors (Lipinski definition) is 5. The van der Waals surface area contributed by atoms with Crippen LogP contribution in [-0.2, 0) is 0 Å². The van der Waals surface area contributed by atoms with E-state index in [4.69, 9.17) is 5.11 Å². The van der Waals surface area contributed by atoms with Crippen LogP contribution in [0.1, 0.15) is 13.3 Å². The topological polar surface area (TPSA) is 93.0 Å². The Hall–Kier alpha value is -0.980. The minimum absolute atomic E-state index is 0.291. The summed E-state index contributed by atoms with van der Waals surface area (Å²) in [6, 6.07) is -1.02. The Labute approximate surface area is 113 Å². The van der Waals surface area contributed by atoms with Crippen LogP contribution in [0.4, 0.5) is 0 Å². The molecule has 1 heterocycles. The van der Waals surface area contributed by atoms with Gasteiger partial charge in [-0.1, -0.05) is 36.5 Å². The van der Waals surface area contributed by atoms with Crippen molar-refractivity contribution in [3.8, 4) is 0 Å². The maximum Gasteiger partial charge on any atom is 0.109 e. The summed E-state index contributed by atoms with van der Waals surface area (Å²) in [7, 11) is 0. The van der Waals surface area contributed by atoms with Crippen molar-refractivity contribution in [2.45, 2.75) is 43.7 Å². The molecule has 0 aromatic rings. The van der Waals surface area contributed by atoms with Crippen molar-refractivity contribution >= 4 is 0 Å². The van der Waals surface area contributed by atoms with E-state index >= 15 is 0 Å². The summed E-state index contributed by atoms with van der Waals surface area (Å²) in [6.45, 7) is 5.19. The molecule has 0 unspecified atom stereocenters. The molecule has 1 aliphatic rings. The van der Waals surface area contributed by atoms with E-state index in [1.165, 1.54) is 0 Å². The van der Waals surface area contributed by atoms with Crippen molar-refractivity contribution in [2.75, 3.05) is 6.61 Å². The van der Waals surface area contributed by atoms with Gasteiger partial charge in [0.15, 0.2) is 0 Å². The first-order valence-electron chi connectivity index (χ1n) is 6.37. The van der Waals surface area contributed by atoms with Gasteiger partial charge in [-0.05, 0) is 13.3 Å². The Kier molecular flexibility index (Phi) is 6.41. The van der Waals surface area contributed by atoms with E-state index in [0.717, 1.165) is 5.57 Å². The van der Waals surface area contributed by atoms with E-state index < -0.39 is 30.4 Å². The molecule has 5 nitrogen and oxygen atoms in total. The summed E-state index contributed by atoms with van der Waals surface area (Å²) in [4.78, 5) is 0. The van der Waals surface area contributed by atoms with E-state index in [1.807, 2.05) is 19.1 Å². The summed E-state index contributed by atoms with van der Waals surface area (Å²) in [5.74, 6) is 0. The third kappa shape index (κ3) is 4.26. The maximum absolute atomic E-state index is 9.93. The molecule has 1 aliphatic heterocycles. The number of piperidine rings is 1. The molecule has 0 radical (unpaired) electrons. The monoisotopic (exact) mass is 269 g/mol. The van der Waals surface area contributed by atoms with E-state index in [2.05, 4.69) is 11.9 Å².